The van der Waals surface area contributed by atoms with Gasteiger partial charge in [-0.1, -0.05) is 0 Å². The van der Waals surface area contributed by atoms with E-state index in [1.807, 2.05) is 0 Å². The second-order valence-electron chi connectivity index (χ2n) is 8.42. The Bertz CT molecular complexity index is 574. The summed E-state index contributed by atoms with van der Waals surface area (Å²) in [6.07, 6.45) is 8.19. The molecule has 0 aromatic carbocycles. The maximum Gasteiger partial charge on any atom is 0.315 e. The molecule has 3 saturated carbocycles. The highest BCUT2D eigenvalue weighted by molar-refractivity contribution is 7.91. The lowest BCUT2D eigenvalue weighted by molar-refractivity contribution is 0.139. The first kappa shape index (κ1) is 15.7. The summed E-state index contributed by atoms with van der Waals surface area (Å²) in [4.78, 5) is 12.3. The van der Waals surface area contributed by atoms with Crippen LogP contribution >= 0.6 is 0 Å². The summed E-state index contributed by atoms with van der Waals surface area (Å²) < 4.78 is 23.3. The SMILES string of the molecule is O=C(NCC1CCCS(=O)(=O)C1)NC1CC2CC3CC(C2)C1C3. The highest BCUT2D eigenvalue weighted by atomic mass is 32.2. The average molecular weight is 340 g/mol. The first-order valence-electron chi connectivity index (χ1n) is 9.23. The molecule has 0 spiro atoms. The van der Waals surface area contributed by atoms with Gasteiger partial charge < -0.3 is 10.6 Å². The zero-order valence-electron chi connectivity index (χ0n) is 13.7. The van der Waals surface area contributed by atoms with Crippen LogP contribution in [0.25, 0.3) is 0 Å². The molecule has 4 fully saturated rings. The van der Waals surface area contributed by atoms with Crippen molar-refractivity contribution in [1.82, 2.24) is 10.6 Å². The Morgan fingerprint density at radius 1 is 1.04 bits per heavy atom. The predicted octanol–water partition coefficient (Wildman–Crippen LogP) is 1.94. The minimum absolute atomic E-state index is 0.0814. The third kappa shape index (κ3) is 3.37. The van der Waals surface area contributed by atoms with Gasteiger partial charge in [0.25, 0.3) is 0 Å². The molecule has 3 bridgehead atoms. The van der Waals surface area contributed by atoms with E-state index >= 15 is 0 Å². The lowest BCUT2D eigenvalue weighted by Gasteiger charge is -2.39. The fraction of sp³-hybridized carbons (Fsp3) is 0.941. The Labute approximate surface area is 138 Å². The van der Waals surface area contributed by atoms with E-state index in [1.165, 1.54) is 25.7 Å². The number of carbonyl (C=O) groups excluding carboxylic acids is 1. The third-order valence-electron chi connectivity index (χ3n) is 6.68. The van der Waals surface area contributed by atoms with Crippen molar-refractivity contribution in [3.63, 3.8) is 0 Å². The first-order chi connectivity index (χ1) is 11.0. The number of rotatable bonds is 3. The molecule has 6 atom stereocenters. The van der Waals surface area contributed by atoms with Gasteiger partial charge in [-0.3, -0.25) is 0 Å². The zero-order chi connectivity index (χ0) is 16.0. The fourth-order valence-corrected chi connectivity index (χ4v) is 7.63. The summed E-state index contributed by atoms with van der Waals surface area (Å²) in [5, 5.41) is 6.14. The molecule has 3 aliphatic carbocycles. The Morgan fingerprint density at radius 3 is 2.61 bits per heavy atom. The summed E-state index contributed by atoms with van der Waals surface area (Å²) in [5.41, 5.74) is 0. The molecule has 0 radical (unpaired) electrons. The third-order valence-corrected chi connectivity index (χ3v) is 8.57. The molecule has 2 amide bonds. The molecule has 1 aliphatic heterocycles. The van der Waals surface area contributed by atoms with Gasteiger partial charge in [0.15, 0.2) is 9.84 Å². The molecule has 4 aliphatic rings. The molecular weight excluding hydrogens is 312 g/mol. The van der Waals surface area contributed by atoms with Gasteiger partial charge in [0.2, 0.25) is 0 Å². The second-order valence-corrected chi connectivity index (χ2v) is 10.6. The largest absolute Gasteiger partial charge is 0.338 e. The minimum Gasteiger partial charge on any atom is -0.338 e. The zero-order valence-corrected chi connectivity index (χ0v) is 14.5. The number of hydrogen-bond donors (Lipinski definition) is 2. The lowest BCUT2D eigenvalue weighted by atomic mass is 9.70. The number of urea groups is 1. The maximum absolute atomic E-state index is 12.3. The Balaban J connectivity index is 1.27. The smallest absolute Gasteiger partial charge is 0.315 e. The van der Waals surface area contributed by atoms with E-state index in [0.29, 0.717) is 24.3 Å². The van der Waals surface area contributed by atoms with E-state index in [0.717, 1.165) is 37.0 Å². The van der Waals surface area contributed by atoms with Crippen LogP contribution in [-0.2, 0) is 9.84 Å². The Kier molecular flexibility index (Phi) is 4.06. The fourth-order valence-electron chi connectivity index (χ4n) is 5.86. The molecule has 4 rings (SSSR count). The number of carbonyl (C=O) groups is 1. The minimum atomic E-state index is -2.89. The van der Waals surface area contributed by atoms with Crippen LogP contribution in [0.4, 0.5) is 4.79 Å². The van der Waals surface area contributed by atoms with Gasteiger partial charge in [0.1, 0.15) is 0 Å². The predicted molar refractivity (Wildman–Crippen MR) is 88.7 cm³/mol. The first-order valence-corrected chi connectivity index (χ1v) is 11.1. The maximum atomic E-state index is 12.3. The molecule has 1 saturated heterocycles. The summed E-state index contributed by atoms with van der Waals surface area (Å²) in [6, 6.07) is 0.240. The van der Waals surface area contributed by atoms with Gasteiger partial charge in [-0.05, 0) is 74.5 Å². The summed E-state index contributed by atoms with van der Waals surface area (Å²) in [6.45, 7) is 0.484. The number of hydrogen-bond acceptors (Lipinski definition) is 3. The number of amides is 2. The highest BCUT2D eigenvalue weighted by Crippen LogP contribution is 2.55. The van der Waals surface area contributed by atoms with Crippen LogP contribution < -0.4 is 10.6 Å². The van der Waals surface area contributed by atoms with Gasteiger partial charge in [-0.2, -0.15) is 0 Å². The van der Waals surface area contributed by atoms with Crippen molar-refractivity contribution in [1.29, 1.82) is 0 Å². The molecule has 1 heterocycles. The van der Waals surface area contributed by atoms with E-state index in [4.69, 9.17) is 0 Å². The van der Waals surface area contributed by atoms with Gasteiger partial charge in [-0.15, -0.1) is 0 Å². The normalized spacial score (nSPS) is 44.0. The van der Waals surface area contributed by atoms with Gasteiger partial charge in [0.05, 0.1) is 11.5 Å². The van der Waals surface area contributed by atoms with Crippen LogP contribution in [0.3, 0.4) is 0 Å². The van der Waals surface area contributed by atoms with Crippen molar-refractivity contribution < 1.29 is 13.2 Å². The average Bonchev–Trinajstić information content (AvgIpc) is 2.71. The van der Waals surface area contributed by atoms with E-state index in [-0.39, 0.29) is 17.7 Å². The number of sulfone groups is 1. The topological polar surface area (TPSA) is 75.3 Å². The summed E-state index contributed by atoms with van der Waals surface area (Å²) in [7, 11) is -2.89. The van der Waals surface area contributed by atoms with Crippen molar-refractivity contribution in [2.24, 2.45) is 29.6 Å². The molecule has 6 heteroatoms. The summed E-state index contributed by atoms with van der Waals surface area (Å²) >= 11 is 0. The van der Waals surface area contributed by atoms with Gasteiger partial charge in [0, 0.05) is 12.6 Å². The van der Waals surface area contributed by atoms with E-state index in [9.17, 15) is 13.2 Å². The van der Waals surface area contributed by atoms with Crippen LogP contribution in [0.2, 0.25) is 0 Å². The second kappa shape index (κ2) is 5.94. The Hall–Kier alpha value is -0.780. The van der Waals surface area contributed by atoms with E-state index in [1.54, 1.807) is 0 Å². The molecule has 2 N–H and O–H groups in total. The summed E-state index contributed by atoms with van der Waals surface area (Å²) in [5.74, 6) is 3.85. The number of fused-ring (bicyclic) bond motifs is 2. The highest BCUT2D eigenvalue weighted by Gasteiger charge is 2.49. The standard InChI is InChI=1S/C17H28N2O3S/c20-17(18-9-11-2-1-3-23(21,22)10-11)19-16-8-13-4-12-5-14(6-13)15(16)7-12/h11-16H,1-10H2,(H2,18,19,20). The van der Waals surface area contributed by atoms with Gasteiger partial charge >= 0.3 is 6.03 Å². The van der Waals surface area contributed by atoms with Crippen LogP contribution in [0.15, 0.2) is 0 Å². The van der Waals surface area contributed by atoms with Crippen molar-refractivity contribution in [3.05, 3.63) is 0 Å². The molecule has 0 aromatic rings. The van der Waals surface area contributed by atoms with E-state index in [2.05, 4.69) is 10.6 Å². The van der Waals surface area contributed by atoms with Crippen LogP contribution in [0, 0.1) is 29.6 Å². The van der Waals surface area contributed by atoms with Crippen molar-refractivity contribution in [2.75, 3.05) is 18.1 Å². The molecule has 130 valence electrons. The van der Waals surface area contributed by atoms with Crippen molar-refractivity contribution in [2.45, 2.75) is 51.0 Å². The van der Waals surface area contributed by atoms with Gasteiger partial charge in [-0.25, -0.2) is 13.2 Å². The van der Waals surface area contributed by atoms with Crippen LogP contribution in [0.1, 0.15) is 44.9 Å². The van der Waals surface area contributed by atoms with E-state index < -0.39 is 9.84 Å². The number of nitrogens with one attached hydrogen (secondary N) is 2. The molecule has 6 unspecified atom stereocenters. The van der Waals surface area contributed by atoms with Crippen molar-refractivity contribution in [3.8, 4) is 0 Å². The van der Waals surface area contributed by atoms with Crippen molar-refractivity contribution >= 4 is 15.9 Å². The Morgan fingerprint density at radius 2 is 1.83 bits per heavy atom. The van der Waals surface area contributed by atoms with Crippen LogP contribution in [0.5, 0.6) is 0 Å². The molecule has 23 heavy (non-hydrogen) atoms. The molecular formula is C17H28N2O3S. The monoisotopic (exact) mass is 340 g/mol. The lowest BCUT2D eigenvalue weighted by Crippen LogP contribution is -2.50. The van der Waals surface area contributed by atoms with Crippen LogP contribution in [-0.4, -0.2) is 38.5 Å². The molecule has 5 nitrogen and oxygen atoms in total. The molecule has 0 aromatic heterocycles. The quantitative estimate of drug-likeness (QED) is 0.824.